The first-order chi connectivity index (χ1) is 13.1. The van der Waals surface area contributed by atoms with E-state index in [1.807, 2.05) is 0 Å². The summed E-state index contributed by atoms with van der Waals surface area (Å²) in [7, 11) is 1.58. The lowest BCUT2D eigenvalue weighted by Gasteiger charge is -2.34. The van der Waals surface area contributed by atoms with Crippen LogP contribution in [0.3, 0.4) is 0 Å². The smallest absolute Gasteiger partial charge is 0.239 e. The van der Waals surface area contributed by atoms with Gasteiger partial charge in [0.2, 0.25) is 5.91 Å². The van der Waals surface area contributed by atoms with Crippen molar-refractivity contribution in [3.63, 3.8) is 0 Å². The number of nitrogens with one attached hydrogen (secondary N) is 1. The monoisotopic (exact) mass is 388 g/mol. The van der Waals surface area contributed by atoms with Gasteiger partial charge >= 0.3 is 0 Å². The fourth-order valence-electron chi connectivity index (χ4n) is 3.08. The van der Waals surface area contributed by atoms with E-state index in [1.54, 1.807) is 24.6 Å². The molecule has 1 aromatic heterocycles. The molecule has 0 aliphatic carbocycles. The highest BCUT2D eigenvalue weighted by molar-refractivity contribution is 7.14. The number of methoxy groups -OCH3 is 1. The highest BCUT2D eigenvalue weighted by atomic mass is 32.1. The van der Waals surface area contributed by atoms with Gasteiger partial charge in [0.25, 0.3) is 0 Å². The van der Waals surface area contributed by atoms with Crippen LogP contribution in [0.25, 0.3) is 0 Å². The van der Waals surface area contributed by atoms with Gasteiger partial charge in [-0.15, -0.1) is 11.3 Å². The van der Waals surface area contributed by atoms with Crippen molar-refractivity contribution in [3.05, 3.63) is 46.6 Å². The van der Waals surface area contributed by atoms with Gasteiger partial charge in [-0.1, -0.05) is 0 Å². The molecule has 0 saturated carbocycles. The van der Waals surface area contributed by atoms with E-state index in [2.05, 4.69) is 21.2 Å². The molecule has 27 heavy (non-hydrogen) atoms. The highest BCUT2D eigenvalue weighted by Gasteiger charge is 2.20. The number of benzene rings is 1. The number of carbonyl (C=O) groups excluding carboxylic acids is 1. The maximum absolute atomic E-state index is 13.5. The van der Waals surface area contributed by atoms with E-state index in [-0.39, 0.29) is 11.7 Å². The molecule has 2 aromatic rings. The van der Waals surface area contributed by atoms with Crippen LogP contribution >= 0.6 is 11.3 Å². The van der Waals surface area contributed by atoms with Crippen LogP contribution in [0.1, 0.15) is 11.1 Å². The number of nitrogens with zero attached hydrogens (tertiary/aromatic N) is 3. The molecule has 0 unspecified atom stereocenters. The Morgan fingerprint density at radius 3 is 2.74 bits per heavy atom. The van der Waals surface area contributed by atoms with Crippen LogP contribution in [-0.4, -0.2) is 55.5 Å². The van der Waals surface area contributed by atoms with Crippen molar-refractivity contribution in [2.75, 3.05) is 45.2 Å². The van der Waals surface area contributed by atoms with Gasteiger partial charge in [0.15, 0.2) is 0 Å². The van der Waals surface area contributed by atoms with Gasteiger partial charge in [-0.25, -0.2) is 4.39 Å². The van der Waals surface area contributed by atoms with Crippen LogP contribution < -0.4 is 10.1 Å². The molecular weight excluding hydrogens is 367 g/mol. The molecule has 0 atom stereocenters. The Balaban J connectivity index is 1.48. The second kappa shape index (κ2) is 8.95. The Bertz CT molecular complexity index is 840. The molecule has 142 valence electrons. The summed E-state index contributed by atoms with van der Waals surface area (Å²) in [6, 6.07) is 8.30. The average molecular weight is 388 g/mol. The molecule has 1 N–H and O–H groups in total. The number of piperazine rings is 1. The van der Waals surface area contributed by atoms with Crippen LogP contribution in [0.4, 0.5) is 9.39 Å². The minimum atomic E-state index is -0.272. The fourth-order valence-corrected chi connectivity index (χ4v) is 3.83. The lowest BCUT2D eigenvalue weighted by molar-refractivity contribution is -0.117. The Morgan fingerprint density at radius 1 is 1.30 bits per heavy atom. The molecule has 1 fully saturated rings. The zero-order valence-corrected chi connectivity index (χ0v) is 15.9. The lowest BCUT2D eigenvalue weighted by atomic mass is 10.1. The summed E-state index contributed by atoms with van der Waals surface area (Å²) < 4.78 is 18.8. The number of anilines is 1. The molecule has 0 radical (unpaired) electrons. The largest absolute Gasteiger partial charge is 0.496 e. The van der Waals surface area contributed by atoms with Gasteiger partial charge in [0.05, 0.1) is 19.2 Å². The van der Waals surface area contributed by atoms with Crippen molar-refractivity contribution in [1.29, 1.82) is 5.26 Å². The maximum Gasteiger partial charge on any atom is 0.239 e. The fraction of sp³-hybridized carbons (Fsp3) is 0.368. The van der Waals surface area contributed by atoms with Gasteiger partial charge in [0.1, 0.15) is 22.6 Å². The molecule has 0 spiro atoms. The summed E-state index contributed by atoms with van der Waals surface area (Å²) in [6.45, 7) is 3.98. The second-order valence-corrected chi connectivity index (χ2v) is 7.25. The summed E-state index contributed by atoms with van der Waals surface area (Å²) in [5.74, 6) is 0.295. The SMILES string of the molecule is COc1ccc(F)cc1CN1CCN(CC(=O)Nc2sccc2C#N)CC1. The summed E-state index contributed by atoms with van der Waals surface area (Å²) in [5, 5.41) is 14.2. The molecule has 1 aromatic carbocycles. The van der Waals surface area contributed by atoms with Crippen LogP contribution in [0.15, 0.2) is 29.6 Å². The number of amides is 1. The predicted octanol–water partition coefficient (Wildman–Crippen LogP) is 2.52. The van der Waals surface area contributed by atoms with E-state index in [9.17, 15) is 9.18 Å². The summed E-state index contributed by atoms with van der Waals surface area (Å²) >= 11 is 1.35. The van der Waals surface area contributed by atoms with Crippen molar-refractivity contribution in [1.82, 2.24) is 9.80 Å². The van der Waals surface area contributed by atoms with Crippen LogP contribution in [-0.2, 0) is 11.3 Å². The van der Waals surface area contributed by atoms with E-state index >= 15 is 0 Å². The van der Waals surface area contributed by atoms with E-state index in [4.69, 9.17) is 10.00 Å². The van der Waals surface area contributed by atoms with E-state index in [0.29, 0.717) is 29.4 Å². The third-order valence-corrected chi connectivity index (χ3v) is 5.34. The van der Waals surface area contributed by atoms with Crippen molar-refractivity contribution < 1.29 is 13.9 Å². The zero-order chi connectivity index (χ0) is 19.2. The van der Waals surface area contributed by atoms with E-state index < -0.39 is 0 Å². The van der Waals surface area contributed by atoms with Crippen molar-refractivity contribution in [2.45, 2.75) is 6.54 Å². The molecule has 3 rings (SSSR count). The van der Waals surface area contributed by atoms with Gasteiger partial charge in [0, 0.05) is 38.3 Å². The number of halogens is 1. The van der Waals surface area contributed by atoms with Gasteiger partial charge in [-0.3, -0.25) is 14.6 Å². The first-order valence-electron chi connectivity index (χ1n) is 8.63. The third kappa shape index (κ3) is 5.04. The minimum absolute atomic E-state index is 0.116. The summed E-state index contributed by atoms with van der Waals surface area (Å²) in [4.78, 5) is 16.5. The second-order valence-electron chi connectivity index (χ2n) is 6.33. The zero-order valence-electron chi connectivity index (χ0n) is 15.1. The van der Waals surface area contributed by atoms with Gasteiger partial charge in [-0.2, -0.15) is 5.26 Å². The molecule has 8 heteroatoms. The Kier molecular flexibility index (Phi) is 6.40. The molecule has 1 aliphatic rings. The molecule has 1 saturated heterocycles. The van der Waals surface area contributed by atoms with E-state index in [0.717, 1.165) is 31.7 Å². The lowest BCUT2D eigenvalue weighted by Crippen LogP contribution is -2.48. The predicted molar refractivity (Wildman–Crippen MR) is 102 cm³/mol. The number of rotatable bonds is 6. The standard InChI is InChI=1S/C19H21FN4O2S/c1-26-17-3-2-16(20)10-15(17)12-23-5-7-24(8-6-23)13-18(25)22-19-14(11-21)4-9-27-19/h2-4,9-10H,5-8,12-13H2,1H3,(H,22,25). The quantitative estimate of drug-likeness (QED) is 0.824. The number of nitriles is 1. The Morgan fingerprint density at radius 2 is 2.04 bits per heavy atom. The van der Waals surface area contributed by atoms with Crippen LogP contribution in [0.2, 0.25) is 0 Å². The average Bonchev–Trinajstić information content (AvgIpc) is 3.10. The molecule has 0 bridgehead atoms. The number of hydrogen-bond donors (Lipinski definition) is 1. The number of ether oxygens (including phenoxy) is 1. The summed E-state index contributed by atoms with van der Waals surface area (Å²) in [6.07, 6.45) is 0. The number of carbonyl (C=O) groups is 1. The number of hydrogen-bond acceptors (Lipinski definition) is 6. The molecule has 6 nitrogen and oxygen atoms in total. The molecule has 1 amide bonds. The van der Waals surface area contributed by atoms with Gasteiger partial charge < -0.3 is 10.1 Å². The van der Waals surface area contributed by atoms with E-state index in [1.165, 1.54) is 23.5 Å². The first-order valence-corrected chi connectivity index (χ1v) is 9.51. The van der Waals surface area contributed by atoms with Crippen molar-refractivity contribution in [2.24, 2.45) is 0 Å². The highest BCUT2D eigenvalue weighted by Crippen LogP contribution is 2.23. The molecular formula is C19H21FN4O2S. The molecule has 2 heterocycles. The minimum Gasteiger partial charge on any atom is -0.496 e. The first kappa shape index (κ1) is 19.3. The van der Waals surface area contributed by atoms with Crippen molar-refractivity contribution >= 4 is 22.2 Å². The third-order valence-electron chi connectivity index (χ3n) is 4.51. The van der Waals surface area contributed by atoms with Crippen molar-refractivity contribution in [3.8, 4) is 11.8 Å². The number of thiophene rings is 1. The van der Waals surface area contributed by atoms with Gasteiger partial charge in [-0.05, 0) is 29.6 Å². The topological polar surface area (TPSA) is 68.6 Å². The Hall–Kier alpha value is -2.47. The molecule has 1 aliphatic heterocycles. The Labute approximate surface area is 161 Å². The normalized spacial score (nSPS) is 15.3. The maximum atomic E-state index is 13.5. The summed E-state index contributed by atoms with van der Waals surface area (Å²) in [5.41, 5.74) is 1.31. The van der Waals surface area contributed by atoms with Crippen LogP contribution in [0.5, 0.6) is 5.75 Å². The van der Waals surface area contributed by atoms with Crippen LogP contribution in [0, 0.1) is 17.1 Å².